The molecule has 1 aromatic rings. The van der Waals surface area contributed by atoms with Crippen LogP contribution < -0.4 is 11.1 Å². The molecule has 3 N–H and O–H groups in total. The van der Waals surface area contributed by atoms with Crippen molar-refractivity contribution < 1.29 is 0 Å². The molecule has 5 heteroatoms. The Hall–Kier alpha value is -1.10. The average Bonchev–Trinajstić information content (AvgIpc) is 2.58. The van der Waals surface area contributed by atoms with Crippen molar-refractivity contribution in [3.05, 3.63) is 5.82 Å². The van der Waals surface area contributed by atoms with Gasteiger partial charge < -0.3 is 11.1 Å². The molecule has 1 aromatic heterocycles. The zero-order chi connectivity index (χ0) is 8.55. The van der Waals surface area contributed by atoms with Gasteiger partial charge in [-0.3, -0.25) is 0 Å². The SMILES string of the molecule is Cn1nc(N)nc1[C@@H]1CCCN1. The summed E-state index contributed by atoms with van der Waals surface area (Å²) >= 11 is 0. The summed E-state index contributed by atoms with van der Waals surface area (Å²) in [5, 5.41) is 7.35. The van der Waals surface area contributed by atoms with E-state index in [0.717, 1.165) is 18.8 Å². The molecule has 12 heavy (non-hydrogen) atoms. The van der Waals surface area contributed by atoms with Crippen LogP contribution in [0.25, 0.3) is 0 Å². The fourth-order valence-corrected chi connectivity index (χ4v) is 1.63. The van der Waals surface area contributed by atoms with Crippen molar-refractivity contribution in [2.24, 2.45) is 7.05 Å². The summed E-state index contributed by atoms with van der Waals surface area (Å²) in [6.45, 7) is 1.07. The molecule has 0 unspecified atom stereocenters. The van der Waals surface area contributed by atoms with E-state index in [9.17, 15) is 0 Å². The van der Waals surface area contributed by atoms with Gasteiger partial charge in [-0.25, -0.2) is 4.68 Å². The van der Waals surface area contributed by atoms with Crippen molar-refractivity contribution in [3.8, 4) is 0 Å². The van der Waals surface area contributed by atoms with Crippen molar-refractivity contribution in [1.29, 1.82) is 0 Å². The van der Waals surface area contributed by atoms with Gasteiger partial charge in [-0.1, -0.05) is 0 Å². The smallest absolute Gasteiger partial charge is 0.239 e. The van der Waals surface area contributed by atoms with E-state index in [1.54, 1.807) is 4.68 Å². The summed E-state index contributed by atoms with van der Waals surface area (Å²) < 4.78 is 1.75. The molecular formula is C7H13N5. The standard InChI is InChI=1S/C7H13N5/c1-12-6(10-7(8)11-12)5-3-2-4-9-5/h5,9H,2-4H2,1H3,(H2,8,11)/t5-/m0/s1. The van der Waals surface area contributed by atoms with Gasteiger partial charge in [-0.2, -0.15) is 4.98 Å². The van der Waals surface area contributed by atoms with Crippen LogP contribution in [0.5, 0.6) is 0 Å². The molecular weight excluding hydrogens is 154 g/mol. The lowest BCUT2D eigenvalue weighted by Gasteiger charge is -2.07. The van der Waals surface area contributed by atoms with Crippen LogP contribution >= 0.6 is 0 Å². The lowest BCUT2D eigenvalue weighted by molar-refractivity contribution is 0.559. The van der Waals surface area contributed by atoms with E-state index in [4.69, 9.17) is 5.73 Å². The summed E-state index contributed by atoms with van der Waals surface area (Å²) in [6, 6.07) is 0.347. The lowest BCUT2D eigenvalue weighted by Crippen LogP contribution is -2.17. The largest absolute Gasteiger partial charge is 0.366 e. The normalized spacial score (nSPS) is 23.2. The maximum absolute atomic E-state index is 5.48. The summed E-state index contributed by atoms with van der Waals surface area (Å²) in [6.07, 6.45) is 2.34. The van der Waals surface area contributed by atoms with Gasteiger partial charge in [0.15, 0.2) is 0 Å². The van der Waals surface area contributed by atoms with Crippen molar-refractivity contribution in [1.82, 2.24) is 20.1 Å². The van der Waals surface area contributed by atoms with Crippen LogP contribution in [0.1, 0.15) is 24.7 Å². The molecule has 1 fully saturated rings. The minimum absolute atomic E-state index is 0.347. The van der Waals surface area contributed by atoms with Gasteiger partial charge in [0.05, 0.1) is 6.04 Å². The highest BCUT2D eigenvalue weighted by Crippen LogP contribution is 2.20. The first kappa shape index (κ1) is 7.54. The number of rotatable bonds is 1. The Kier molecular flexibility index (Phi) is 1.73. The number of nitrogens with one attached hydrogen (secondary N) is 1. The second kappa shape index (κ2) is 2.75. The Balaban J connectivity index is 2.25. The number of hydrogen-bond acceptors (Lipinski definition) is 4. The topological polar surface area (TPSA) is 68.8 Å². The van der Waals surface area contributed by atoms with E-state index in [1.165, 1.54) is 6.42 Å². The molecule has 0 radical (unpaired) electrons. The highest BCUT2D eigenvalue weighted by atomic mass is 15.4. The van der Waals surface area contributed by atoms with Gasteiger partial charge in [-0.05, 0) is 19.4 Å². The van der Waals surface area contributed by atoms with Gasteiger partial charge >= 0.3 is 0 Å². The summed E-state index contributed by atoms with van der Waals surface area (Å²) in [5.74, 6) is 1.31. The van der Waals surface area contributed by atoms with Crippen LogP contribution in [0, 0.1) is 0 Å². The van der Waals surface area contributed by atoms with Crippen molar-refractivity contribution in [2.75, 3.05) is 12.3 Å². The molecule has 0 bridgehead atoms. The Labute approximate surface area is 71.0 Å². The molecule has 0 amide bonds. The summed E-state index contributed by atoms with van der Waals surface area (Å²) in [4.78, 5) is 4.16. The Morgan fingerprint density at radius 1 is 1.67 bits per heavy atom. The van der Waals surface area contributed by atoms with Gasteiger partial charge in [0.1, 0.15) is 5.82 Å². The van der Waals surface area contributed by atoms with E-state index in [1.807, 2.05) is 7.05 Å². The molecule has 2 rings (SSSR count). The zero-order valence-electron chi connectivity index (χ0n) is 7.12. The van der Waals surface area contributed by atoms with Crippen molar-refractivity contribution in [2.45, 2.75) is 18.9 Å². The van der Waals surface area contributed by atoms with Crippen molar-refractivity contribution >= 4 is 5.95 Å². The number of aryl methyl sites for hydroxylation is 1. The Morgan fingerprint density at radius 2 is 2.50 bits per heavy atom. The number of nitrogens with zero attached hydrogens (tertiary/aromatic N) is 3. The number of nitrogen functional groups attached to an aromatic ring is 1. The van der Waals surface area contributed by atoms with E-state index in [-0.39, 0.29) is 0 Å². The Bertz CT molecular complexity index is 273. The third-order valence-corrected chi connectivity index (χ3v) is 2.19. The predicted molar refractivity (Wildman–Crippen MR) is 45.4 cm³/mol. The number of anilines is 1. The van der Waals surface area contributed by atoms with Gasteiger partial charge in [0, 0.05) is 7.05 Å². The molecule has 1 aliphatic heterocycles. The molecule has 1 saturated heterocycles. The third kappa shape index (κ3) is 1.16. The molecule has 5 nitrogen and oxygen atoms in total. The van der Waals surface area contributed by atoms with Crippen LogP contribution in [0.2, 0.25) is 0 Å². The third-order valence-electron chi connectivity index (χ3n) is 2.19. The van der Waals surface area contributed by atoms with E-state index in [0.29, 0.717) is 12.0 Å². The summed E-state index contributed by atoms with van der Waals surface area (Å²) in [7, 11) is 1.87. The second-order valence-electron chi connectivity index (χ2n) is 3.10. The van der Waals surface area contributed by atoms with Crippen LogP contribution in [-0.4, -0.2) is 21.3 Å². The zero-order valence-corrected chi connectivity index (χ0v) is 7.12. The maximum atomic E-state index is 5.48. The van der Waals surface area contributed by atoms with E-state index >= 15 is 0 Å². The highest BCUT2D eigenvalue weighted by Gasteiger charge is 2.21. The molecule has 0 saturated carbocycles. The predicted octanol–water partition coefficient (Wildman–Crippen LogP) is -0.178. The number of nitrogens with two attached hydrogens (primary N) is 1. The van der Waals surface area contributed by atoms with Gasteiger partial charge in [0.2, 0.25) is 5.95 Å². The number of hydrogen-bond donors (Lipinski definition) is 2. The Morgan fingerprint density at radius 3 is 3.00 bits per heavy atom. The maximum Gasteiger partial charge on any atom is 0.239 e. The van der Waals surface area contributed by atoms with Crippen LogP contribution in [0.4, 0.5) is 5.95 Å². The molecule has 2 heterocycles. The van der Waals surface area contributed by atoms with Crippen LogP contribution in [-0.2, 0) is 7.05 Å². The average molecular weight is 167 g/mol. The molecule has 1 atom stereocenters. The minimum atomic E-state index is 0.347. The fourth-order valence-electron chi connectivity index (χ4n) is 1.63. The molecule has 0 aromatic carbocycles. The first-order valence-electron chi connectivity index (χ1n) is 4.17. The molecule has 1 aliphatic rings. The van der Waals surface area contributed by atoms with E-state index < -0.39 is 0 Å². The first-order valence-corrected chi connectivity index (χ1v) is 4.17. The minimum Gasteiger partial charge on any atom is -0.366 e. The fraction of sp³-hybridized carbons (Fsp3) is 0.714. The monoisotopic (exact) mass is 167 g/mol. The number of aromatic nitrogens is 3. The molecule has 66 valence electrons. The van der Waals surface area contributed by atoms with E-state index in [2.05, 4.69) is 15.4 Å². The molecule has 0 aliphatic carbocycles. The molecule has 0 spiro atoms. The van der Waals surface area contributed by atoms with Crippen molar-refractivity contribution in [3.63, 3.8) is 0 Å². The van der Waals surface area contributed by atoms with Crippen LogP contribution in [0.3, 0.4) is 0 Å². The second-order valence-corrected chi connectivity index (χ2v) is 3.10. The first-order chi connectivity index (χ1) is 5.77. The lowest BCUT2D eigenvalue weighted by atomic mass is 10.2. The quantitative estimate of drug-likeness (QED) is 0.609. The van der Waals surface area contributed by atoms with Gasteiger partial charge in [-0.15, -0.1) is 5.10 Å². The van der Waals surface area contributed by atoms with Crippen LogP contribution in [0.15, 0.2) is 0 Å². The van der Waals surface area contributed by atoms with Gasteiger partial charge in [0.25, 0.3) is 0 Å². The summed E-state index contributed by atoms with van der Waals surface area (Å²) in [5.41, 5.74) is 5.48. The highest BCUT2D eigenvalue weighted by molar-refractivity contribution is 5.15.